The van der Waals surface area contributed by atoms with Crippen molar-refractivity contribution >= 4 is 49.2 Å². The number of hydrogen-bond acceptors (Lipinski definition) is 5. The van der Waals surface area contributed by atoms with Crippen LogP contribution in [0.1, 0.15) is 28.7 Å². The number of carbonyl (C=O) groups excluding carboxylic acids is 2. The second kappa shape index (κ2) is 11.5. The number of aryl methyl sites for hydroxylation is 2. The monoisotopic (exact) mass is 620 g/mol. The molecule has 0 saturated heterocycles. The number of amides is 2. The van der Waals surface area contributed by atoms with Crippen molar-refractivity contribution in [3.63, 3.8) is 0 Å². The lowest BCUT2D eigenvalue weighted by atomic mass is 9.94. The van der Waals surface area contributed by atoms with Gasteiger partial charge in [-0.05, 0) is 66.8 Å². The molecule has 3 aromatic rings. The van der Waals surface area contributed by atoms with E-state index in [0.717, 1.165) is 37.9 Å². The van der Waals surface area contributed by atoms with Crippen molar-refractivity contribution in [3.8, 4) is 11.1 Å². The predicted molar refractivity (Wildman–Crippen MR) is 160 cm³/mol. The number of carbonyl (C=O) groups is 2. The first-order valence-corrected chi connectivity index (χ1v) is 15.3. The summed E-state index contributed by atoms with van der Waals surface area (Å²) < 4.78 is 27.8. The van der Waals surface area contributed by atoms with E-state index in [2.05, 4.69) is 42.7 Å². The van der Waals surface area contributed by atoms with Crippen molar-refractivity contribution in [1.29, 1.82) is 0 Å². The summed E-state index contributed by atoms with van der Waals surface area (Å²) in [6.07, 6.45) is 1.10. The van der Waals surface area contributed by atoms with Gasteiger partial charge in [0, 0.05) is 4.47 Å². The van der Waals surface area contributed by atoms with Gasteiger partial charge in [0.1, 0.15) is 0 Å². The normalized spacial score (nSPS) is 15.0. The number of halogens is 1. The molecule has 0 spiro atoms. The van der Waals surface area contributed by atoms with Gasteiger partial charge >= 0.3 is 0 Å². The van der Waals surface area contributed by atoms with Crippen LogP contribution in [0.25, 0.3) is 22.5 Å². The predicted octanol–water partition coefficient (Wildman–Crippen LogP) is 3.84. The molecule has 3 aromatic carbocycles. The minimum Gasteiger partial charge on any atom is -0.321 e. The summed E-state index contributed by atoms with van der Waals surface area (Å²) in [7, 11) is -1.66. The molecule has 0 radical (unpaired) electrons. The fourth-order valence-electron chi connectivity index (χ4n) is 4.97. The van der Waals surface area contributed by atoms with Crippen molar-refractivity contribution in [2.75, 3.05) is 19.5 Å². The molecule has 10 heteroatoms. The first-order chi connectivity index (χ1) is 19.2. The topological polar surface area (TPSA) is 116 Å². The smallest absolute Gasteiger partial charge is 0.258 e. The average molecular weight is 622 g/mol. The molecule has 0 atom stereocenters. The Balaban J connectivity index is 1.41. The van der Waals surface area contributed by atoms with Gasteiger partial charge in [0.05, 0.1) is 35.0 Å². The van der Waals surface area contributed by atoms with Gasteiger partial charge < -0.3 is 16.0 Å². The van der Waals surface area contributed by atoms with E-state index in [-0.39, 0.29) is 24.2 Å². The molecule has 0 unspecified atom stereocenters. The first-order valence-electron chi connectivity index (χ1n) is 12.9. The maximum atomic E-state index is 13.0. The van der Waals surface area contributed by atoms with Crippen LogP contribution in [0.2, 0.25) is 0 Å². The highest BCUT2D eigenvalue weighted by atomic mass is 79.9. The van der Waals surface area contributed by atoms with Crippen LogP contribution in [0, 0.1) is 6.92 Å². The number of hydrogen-bond donors (Lipinski definition) is 4. The van der Waals surface area contributed by atoms with E-state index < -0.39 is 10.0 Å². The second-order valence-electron chi connectivity index (χ2n) is 9.75. The maximum absolute atomic E-state index is 13.0. The lowest BCUT2D eigenvalue weighted by Gasteiger charge is -2.13. The second-order valence-corrected chi connectivity index (χ2v) is 12.6. The van der Waals surface area contributed by atoms with E-state index in [0.29, 0.717) is 35.4 Å². The summed E-state index contributed by atoms with van der Waals surface area (Å²) >= 11 is 3.41. The fraction of sp³-hybridized carbons (Fsp3) is 0.200. The fourth-order valence-corrected chi connectivity index (χ4v) is 6.26. The highest BCUT2D eigenvalue weighted by molar-refractivity contribution is 9.10. The third-order valence-electron chi connectivity index (χ3n) is 6.89. The van der Waals surface area contributed by atoms with Gasteiger partial charge in [-0.1, -0.05) is 76.1 Å². The Morgan fingerprint density at radius 1 is 0.800 bits per heavy atom. The lowest BCUT2D eigenvalue weighted by molar-refractivity contribution is -0.117. The quantitative estimate of drug-likeness (QED) is 0.257. The van der Waals surface area contributed by atoms with Gasteiger partial charge in [-0.25, -0.2) is 13.1 Å². The molecular weight excluding hydrogens is 592 g/mol. The Kier molecular flexibility index (Phi) is 8.04. The van der Waals surface area contributed by atoms with Crippen LogP contribution in [0.5, 0.6) is 0 Å². The van der Waals surface area contributed by atoms with Crippen LogP contribution in [0.3, 0.4) is 0 Å². The highest BCUT2D eigenvalue weighted by Gasteiger charge is 2.40. The van der Waals surface area contributed by atoms with Crippen LogP contribution in [-0.2, 0) is 26.0 Å². The molecule has 5 rings (SSSR count). The average Bonchev–Trinajstić information content (AvgIpc) is 3.46. The van der Waals surface area contributed by atoms with E-state index in [1.54, 1.807) is 7.05 Å². The molecule has 2 heterocycles. The third-order valence-corrected chi connectivity index (χ3v) is 8.83. The van der Waals surface area contributed by atoms with Crippen LogP contribution in [0.15, 0.2) is 82.3 Å². The molecule has 0 fully saturated rings. The minimum absolute atomic E-state index is 0.0395. The summed E-state index contributed by atoms with van der Waals surface area (Å²) in [5.41, 5.74) is 7.31. The number of rotatable bonds is 10. The van der Waals surface area contributed by atoms with E-state index in [1.165, 1.54) is 0 Å². The van der Waals surface area contributed by atoms with Crippen LogP contribution >= 0.6 is 15.9 Å². The highest BCUT2D eigenvalue weighted by Crippen LogP contribution is 2.38. The molecule has 206 valence electrons. The van der Waals surface area contributed by atoms with Crippen LogP contribution in [0.4, 0.5) is 0 Å². The van der Waals surface area contributed by atoms with Crippen molar-refractivity contribution < 1.29 is 18.0 Å². The van der Waals surface area contributed by atoms with Crippen molar-refractivity contribution in [3.05, 3.63) is 105 Å². The SMILES string of the molecule is CNCNS(=O)(=O)CCCc1cc(C)ccc1-c1ccc(C2=C3C(=O)NC(c4ccc(Br)cc4)=C3C(=O)N2)cc1. The zero-order valence-electron chi connectivity index (χ0n) is 22.1. The van der Waals surface area contributed by atoms with Gasteiger partial charge in [0.2, 0.25) is 10.0 Å². The molecular formula is C30H29BrN4O4S. The van der Waals surface area contributed by atoms with Crippen molar-refractivity contribution in [1.82, 2.24) is 20.7 Å². The molecule has 2 aliphatic heterocycles. The van der Waals surface area contributed by atoms with Gasteiger partial charge in [-0.15, -0.1) is 0 Å². The molecule has 2 amide bonds. The standard InChI is InChI=1S/C30H29BrN4O4S/c1-18-5-14-24(22(16-18)4-3-15-40(38,39)33-17-32-2)19-6-8-20(9-7-19)27-25-26(30(37)34-27)28(35-29(25)36)21-10-12-23(31)13-11-21/h5-14,16,32-33H,3-4,15,17H2,1-2H3,(H,34,37)(H,35,36). The van der Waals surface area contributed by atoms with Crippen LogP contribution < -0.4 is 20.7 Å². The summed E-state index contributed by atoms with van der Waals surface area (Å²) in [6.45, 7) is 2.21. The van der Waals surface area contributed by atoms with E-state index >= 15 is 0 Å². The molecule has 0 aliphatic carbocycles. The first kappa shape index (κ1) is 28.0. The molecule has 4 N–H and O–H groups in total. The number of benzene rings is 3. The Bertz CT molecular complexity index is 1660. The number of fused-ring (bicyclic) bond motifs is 1. The molecule has 0 bridgehead atoms. The van der Waals surface area contributed by atoms with Crippen LogP contribution in [-0.4, -0.2) is 39.7 Å². The zero-order chi connectivity index (χ0) is 28.4. The molecule has 0 aromatic heterocycles. The summed E-state index contributed by atoms with van der Waals surface area (Å²) in [4.78, 5) is 25.9. The minimum atomic E-state index is -3.35. The summed E-state index contributed by atoms with van der Waals surface area (Å²) in [5.74, 6) is -0.590. The Morgan fingerprint density at radius 3 is 1.93 bits per heavy atom. The van der Waals surface area contributed by atoms with Gasteiger partial charge in [-0.3, -0.25) is 9.59 Å². The molecule has 8 nitrogen and oxygen atoms in total. The number of sulfonamides is 1. The van der Waals surface area contributed by atoms with E-state index in [9.17, 15) is 18.0 Å². The molecule has 2 aliphatic rings. The van der Waals surface area contributed by atoms with Gasteiger partial charge in [0.15, 0.2) is 0 Å². The van der Waals surface area contributed by atoms with Gasteiger partial charge in [0.25, 0.3) is 11.8 Å². The zero-order valence-corrected chi connectivity index (χ0v) is 24.5. The Morgan fingerprint density at radius 2 is 1.35 bits per heavy atom. The molecule has 40 heavy (non-hydrogen) atoms. The number of nitrogens with one attached hydrogen (secondary N) is 4. The largest absolute Gasteiger partial charge is 0.321 e. The Hall–Kier alpha value is -3.57. The van der Waals surface area contributed by atoms with Gasteiger partial charge in [-0.2, -0.15) is 0 Å². The lowest BCUT2D eigenvalue weighted by Crippen LogP contribution is -2.33. The Labute approximate surface area is 242 Å². The summed E-state index contributed by atoms with van der Waals surface area (Å²) in [5, 5.41) is 8.54. The summed E-state index contributed by atoms with van der Waals surface area (Å²) in [6, 6.07) is 21.3. The van der Waals surface area contributed by atoms with Crippen molar-refractivity contribution in [2.45, 2.75) is 19.8 Å². The molecule has 0 saturated carbocycles. The van der Waals surface area contributed by atoms with Crippen molar-refractivity contribution in [2.24, 2.45) is 0 Å². The van der Waals surface area contributed by atoms with E-state index in [1.807, 2.05) is 67.6 Å². The third kappa shape index (κ3) is 5.80. The maximum Gasteiger partial charge on any atom is 0.258 e. The van der Waals surface area contributed by atoms with E-state index in [4.69, 9.17) is 0 Å².